The van der Waals surface area contributed by atoms with Crippen molar-refractivity contribution in [2.24, 2.45) is 0 Å². The third-order valence-electron chi connectivity index (χ3n) is 7.04. The second kappa shape index (κ2) is 9.37. The first kappa shape index (κ1) is 24.5. The predicted octanol–water partition coefficient (Wildman–Crippen LogP) is 5.79. The number of hydrogen-bond acceptors (Lipinski definition) is 5. The minimum Gasteiger partial charge on any atom is -0.369 e. The maximum atomic E-state index is 15.7. The zero-order chi connectivity index (χ0) is 24.9. The van der Waals surface area contributed by atoms with E-state index in [4.69, 9.17) is 0 Å². The van der Waals surface area contributed by atoms with Crippen LogP contribution in [0.25, 0.3) is 10.3 Å². The largest absolute Gasteiger partial charge is 0.369 e. The molecule has 3 unspecified atom stereocenters. The van der Waals surface area contributed by atoms with Gasteiger partial charge in [-0.1, -0.05) is 0 Å². The molecule has 0 bridgehead atoms. The third-order valence-corrected chi connectivity index (χ3v) is 7.93. The molecule has 2 N–H and O–H groups in total. The van der Waals surface area contributed by atoms with E-state index in [1.54, 1.807) is 5.51 Å². The van der Waals surface area contributed by atoms with E-state index in [1.807, 2.05) is 11.8 Å². The van der Waals surface area contributed by atoms with Crippen LogP contribution < -0.4 is 5.32 Å². The summed E-state index contributed by atoms with van der Waals surface area (Å²) in [7, 11) is 0. The average Bonchev–Trinajstić information content (AvgIpc) is 3.34. The molecule has 0 aliphatic carbocycles. The van der Waals surface area contributed by atoms with Crippen molar-refractivity contribution < 1.29 is 17.6 Å². The van der Waals surface area contributed by atoms with E-state index in [2.05, 4.69) is 20.2 Å². The number of H-pyrrole nitrogens is 1. The van der Waals surface area contributed by atoms with Crippen LogP contribution in [0.3, 0.4) is 0 Å². The second-order valence-electron chi connectivity index (χ2n) is 10.3. The predicted molar refractivity (Wildman–Crippen MR) is 131 cm³/mol. The van der Waals surface area contributed by atoms with Crippen LogP contribution >= 0.6 is 11.3 Å². The Labute approximate surface area is 206 Å². The molecule has 2 aliphatic rings. The third kappa shape index (κ3) is 4.68. The van der Waals surface area contributed by atoms with Crippen molar-refractivity contribution in [3.8, 4) is 0 Å². The fraction of sp³-hybridized carbons (Fsp3) is 0.560. The standard InChI is InChI=1S/C25H31F4N5S/c1-14-9-16-21(32-24-23(16)35-13-30-24)22(34(14)12-25(2,3)29)20-17(27)10-15(11-18(20)28)31-19-5-8-33(19)7-4-6-26/h10-11,13-14,19,22,31-32H,4-9,12H2,1-3H3. The van der Waals surface area contributed by atoms with Crippen LogP contribution in [0, 0.1) is 11.6 Å². The highest BCUT2D eigenvalue weighted by Gasteiger charge is 2.41. The van der Waals surface area contributed by atoms with Crippen LogP contribution in [0.1, 0.15) is 56.5 Å². The number of thiazole rings is 1. The summed E-state index contributed by atoms with van der Waals surface area (Å²) in [5, 5.41) is 3.18. The van der Waals surface area contributed by atoms with E-state index in [1.165, 1.54) is 37.3 Å². The number of alkyl halides is 2. The quantitative estimate of drug-likeness (QED) is 0.378. The van der Waals surface area contributed by atoms with Crippen molar-refractivity contribution >= 4 is 27.4 Å². The highest BCUT2D eigenvalue weighted by molar-refractivity contribution is 7.16. The van der Waals surface area contributed by atoms with Gasteiger partial charge in [-0.05, 0) is 57.7 Å². The summed E-state index contributed by atoms with van der Waals surface area (Å²) in [5.41, 5.74) is 2.81. The lowest BCUT2D eigenvalue weighted by molar-refractivity contribution is 0.0643. The molecule has 0 spiro atoms. The highest BCUT2D eigenvalue weighted by atomic mass is 32.1. The van der Waals surface area contributed by atoms with Crippen LogP contribution in [0.5, 0.6) is 0 Å². The molecule has 3 atom stereocenters. The van der Waals surface area contributed by atoms with E-state index in [0.717, 1.165) is 23.2 Å². The van der Waals surface area contributed by atoms with Crippen LogP contribution in [0.4, 0.5) is 23.2 Å². The topological polar surface area (TPSA) is 47.2 Å². The molecule has 2 aromatic heterocycles. The van der Waals surface area contributed by atoms with E-state index in [0.29, 0.717) is 36.4 Å². The van der Waals surface area contributed by atoms with E-state index in [9.17, 15) is 8.78 Å². The van der Waals surface area contributed by atoms with E-state index < -0.39 is 23.3 Å². The smallest absolute Gasteiger partial charge is 0.148 e. The van der Waals surface area contributed by atoms with Crippen LogP contribution in [-0.4, -0.2) is 64.0 Å². The molecule has 1 saturated heterocycles. The molecule has 3 aromatic rings. The van der Waals surface area contributed by atoms with Gasteiger partial charge in [-0.2, -0.15) is 0 Å². The lowest BCUT2D eigenvalue weighted by Gasteiger charge is -2.43. The normalized spacial score (nSPS) is 23.5. The summed E-state index contributed by atoms with van der Waals surface area (Å²) in [4.78, 5) is 11.5. The first-order valence-electron chi connectivity index (χ1n) is 12.1. The molecule has 2 aliphatic heterocycles. The minimum absolute atomic E-state index is 0.0306. The molecule has 0 radical (unpaired) electrons. The second-order valence-corrected chi connectivity index (χ2v) is 11.1. The van der Waals surface area contributed by atoms with Crippen molar-refractivity contribution in [1.82, 2.24) is 19.8 Å². The fourth-order valence-electron chi connectivity index (χ4n) is 5.39. The Kier molecular flexibility index (Phi) is 6.56. The zero-order valence-corrected chi connectivity index (χ0v) is 21.0. The fourth-order valence-corrected chi connectivity index (χ4v) is 6.21. The molecule has 1 aromatic carbocycles. The van der Waals surface area contributed by atoms with Gasteiger partial charge in [0.05, 0.1) is 29.1 Å². The Morgan fingerprint density at radius 2 is 2.00 bits per heavy atom. The number of nitrogens with one attached hydrogen (secondary N) is 2. The minimum atomic E-state index is -1.55. The summed E-state index contributed by atoms with van der Waals surface area (Å²) in [6.45, 7) is 6.00. The zero-order valence-electron chi connectivity index (χ0n) is 20.2. The molecule has 35 heavy (non-hydrogen) atoms. The summed E-state index contributed by atoms with van der Waals surface area (Å²) in [6, 6.07) is 1.69. The van der Waals surface area contributed by atoms with Crippen molar-refractivity contribution in [3.63, 3.8) is 0 Å². The van der Waals surface area contributed by atoms with Gasteiger partial charge in [-0.15, -0.1) is 11.3 Å². The van der Waals surface area contributed by atoms with Crippen LogP contribution in [-0.2, 0) is 6.42 Å². The molecule has 190 valence electrons. The monoisotopic (exact) mass is 509 g/mol. The molecule has 5 nitrogen and oxygen atoms in total. The molecule has 5 rings (SSSR count). The number of rotatable bonds is 8. The molecule has 0 amide bonds. The summed E-state index contributed by atoms with van der Waals surface area (Å²) < 4.78 is 59.7. The van der Waals surface area contributed by atoms with Gasteiger partial charge < -0.3 is 10.3 Å². The lowest BCUT2D eigenvalue weighted by atomic mass is 9.88. The highest BCUT2D eigenvalue weighted by Crippen LogP contribution is 2.44. The van der Waals surface area contributed by atoms with Gasteiger partial charge in [0.1, 0.15) is 23.0 Å². The number of likely N-dealkylation sites (tertiary alicyclic amines) is 1. The number of fused-ring (bicyclic) bond motifs is 3. The molecular weight excluding hydrogens is 478 g/mol. The number of aromatic amines is 1. The van der Waals surface area contributed by atoms with Crippen molar-refractivity contribution in [2.75, 3.05) is 31.6 Å². The van der Waals surface area contributed by atoms with Crippen molar-refractivity contribution in [3.05, 3.63) is 46.1 Å². The van der Waals surface area contributed by atoms with Gasteiger partial charge in [0.2, 0.25) is 0 Å². The maximum Gasteiger partial charge on any atom is 0.148 e. The van der Waals surface area contributed by atoms with Gasteiger partial charge in [0, 0.05) is 42.6 Å². The molecule has 4 heterocycles. The molecule has 10 heteroatoms. The lowest BCUT2D eigenvalue weighted by Crippen LogP contribution is -2.52. The summed E-state index contributed by atoms with van der Waals surface area (Å²) in [5.74, 6) is -1.36. The number of halogens is 4. The summed E-state index contributed by atoms with van der Waals surface area (Å²) >= 11 is 1.49. The number of nitrogens with zero attached hydrogens (tertiary/aromatic N) is 3. The van der Waals surface area contributed by atoms with Gasteiger partial charge in [0.25, 0.3) is 0 Å². The Morgan fingerprint density at radius 1 is 1.26 bits per heavy atom. The van der Waals surface area contributed by atoms with E-state index >= 15 is 8.78 Å². The average molecular weight is 510 g/mol. The number of anilines is 1. The number of benzene rings is 1. The SMILES string of the molecule is CC1Cc2c([nH]c3ncsc23)C(c2c(F)cc(NC3CCN3CCCF)cc2F)N1CC(C)(C)F. The van der Waals surface area contributed by atoms with Gasteiger partial charge in [-0.3, -0.25) is 14.2 Å². The first-order chi connectivity index (χ1) is 16.7. The van der Waals surface area contributed by atoms with Crippen molar-refractivity contribution in [2.45, 2.75) is 64.0 Å². The van der Waals surface area contributed by atoms with Gasteiger partial charge in [0.15, 0.2) is 0 Å². The summed E-state index contributed by atoms with van der Waals surface area (Å²) in [6.07, 6.45) is 1.83. The van der Waals surface area contributed by atoms with Crippen LogP contribution in [0.2, 0.25) is 0 Å². The molecule has 1 fully saturated rings. The van der Waals surface area contributed by atoms with E-state index in [-0.39, 0.29) is 31.0 Å². The van der Waals surface area contributed by atoms with Crippen LogP contribution in [0.15, 0.2) is 17.6 Å². The van der Waals surface area contributed by atoms with Gasteiger partial charge in [-0.25, -0.2) is 18.2 Å². The number of aromatic nitrogens is 2. The molecule has 0 saturated carbocycles. The number of hydrogen-bond donors (Lipinski definition) is 2. The van der Waals surface area contributed by atoms with Crippen molar-refractivity contribution in [1.29, 1.82) is 0 Å². The Morgan fingerprint density at radius 3 is 2.63 bits per heavy atom. The maximum absolute atomic E-state index is 15.7. The molecular formula is C25H31F4N5S. The van der Waals surface area contributed by atoms with Gasteiger partial charge >= 0.3 is 0 Å². The Balaban J connectivity index is 1.52. The first-order valence-corrected chi connectivity index (χ1v) is 13.0. The Hall–Kier alpha value is -2.17. The Bertz CT molecular complexity index is 1180.